The van der Waals surface area contributed by atoms with Crippen molar-refractivity contribution in [3.63, 3.8) is 0 Å². The quantitative estimate of drug-likeness (QED) is 0.275. The van der Waals surface area contributed by atoms with Crippen molar-refractivity contribution in [3.05, 3.63) is 24.3 Å². The van der Waals surface area contributed by atoms with Gasteiger partial charge in [-0.15, -0.1) is 5.10 Å². The molecule has 0 radical (unpaired) electrons. The lowest BCUT2D eigenvalue weighted by Crippen LogP contribution is -1.97. The lowest BCUT2D eigenvalue weighted by molar-refractivity contribution is 0.300. The average molecular weight is 405 g/mol. The topological polar surface area (TPSA) is 44.2 Å². The fourth-order valence-corrected chi connectivity index (χ4v) is 3.74. The van der Waals surface area contributed by atoms with E-state index in [1.54, 1.807) is 0 Å². The van der Waals surface area contributed by atoms with Crippen molar-refractivity contribution in [1.82, 2.24) is 10.2 Å². The molecule has 156 valence electrons. The Morgan fingerprint density at radius 3 is 1.89 bits per heavy atom. The molecule has 0 bridgehead atoms. The van der Waals surface area contributed by atoms with Crippen LogP contribution in [0.5, 0.6) is 10.9 Å². The summed E-state index contributed by atoms with van der Waals surface area (Å²) in [6, 6.07) is 8.12. The number of benzene rings is 1. The number of rotatable bonds is 16. The number of unbranched alkanes of at least 4 members (excludes halogenated alkanes) is 9. The Morgan fingerprint density at radius 1 is 0.679 bits per heavy atom. The Kier molecular flexibility index (Phi) is 11.6. The van der Waals surface area contributed by atoms with Crippen LogP contribution in [0.25, 0.3) is 10.6 Å². The zero-order valence-electron chi connectivity index (χ0n) is 17.6. The first-order valence-corrected chi connectivity index (χ1v) is 11.8. The zero-order valence-corrected chi connectivity index (χ0v) is 18.4. The minimum Gasteiger partial charge on any atom is -0.494 e. The first-order valence-electron chi connectivity index (χ1n) is 11.0. The zero-order chi connectivity index (χ0) is 19.9. The molecule has 4 nitrogen and oxygen atoms in total. The van der Waals surface area contributed by atoms with Crippen molar-refractivity contribution in [2.45, 2.75) is 84.5 Å². The van der Waals surface area contributed by atoms with Crippen LogP contribution in [0.3, 0.4) is 0 Å². The molecule has 0 amide bonds. The molecule has 2 rings (SSSR count). The summed E-state index contributed by atoms with van der Waals surface area (Å²) in [6.07, 6.45) is 13.8. The smallest absolute Gasteiger partial charge is 0.294 e. The van der Waals surface area contributed by atoms with Crippen LogP contribution in [0.1, 0.15) is 84.5 Å². The van der Waals surface area contributed by atoms with Crippen molar-refractivity contribution in [2.24, 2.45) is 0 Å². The van der Waals surface area contributed by atoms with E-state index in [-0.39, 0.29) is 0 Å². The van der Waals surface area contributed by atoms with E-state index >= 15 is 0 Å². The minimum atomic E-state index is 0.663. The van der Waals surface area contributed by atoms with Crippen LogP contribution < -0.4 is 9.47 Å². The van der Waals surface area contributed by atoms with Crippen LogP contribution in [0, 0.1) is 0 Å². The fourth-order valence-electron chi connectivity index (χ4n) is 3.02. The van der Waals surface area contributed by atoms with E-state index in [2.05, 4.69) is 24.0 Å². The Hall–Kier alpha value is -1.62. The highest BCUT2D eigenvalue weighted by atomic mass is 32.1. The molecule has 0 atom stereocenters. The third-order valence-corrected chi connectivity index (χ3v) is 5.63. The van der Waals surface area contributed by atoms with Crippen LogP contribution >= 0.6 is 11.3 Å². The van der Waals surface area contributed by atoms with E-state index in [1.165, 1.54) is 69.1 Å². The highest BCUT2D eigenvalue weighted by Gasteiger charge is 2.08. The van der Waals surface area contributed by atoms with Gasteiger partial charge in [0.2, 0.25) is 0 Å². The summed E-state index contributed by atoms with van der Waals surface area (Å²) >= 11 is 1.51. The molecule has 2 aromatic rings. The summed E-state index contributed by atoms with van der Waals surface area (Å²) in [5.41, 5.74) is 1.06. The van der Waals surface area contributed by atoms with E-state index in [4.69, 9.17) is 9.47 Å². The second-order valence-electron chi connectivity index (χ2n) is 7.28. The Balaban J connectivity index is 1.66. The molecule has 0 aliphatic rings. The van der Waals surface area contributed by atoms with Gasteiger partial charge in [-0.3, -0.25) is 0 Å². The molecule has 0 aliphatic heterocycles. The summed E-state index contributed by atoms with van der Waals surface area (Å²) in [7, 11) is 0. The number of hydrogen-bond donors (Lipinski definition) is 0. The third-order valence-electron chi connectivity index (χ3n) is 4.75. The van der Waals surface area contributed by atoms with Gasteiger partial charge in [-0.25, -0.2) is 0 Å². The van der Waals surface area contributed by atoms with Gasteiger partial charge in [-0.05, 0) is 37.1 Å². The molecule has 0 unspecified atom stereocenters. The summed E-state index contributed by atoms with van der Waals surface area (Å²) in [5, 5.41) is 9.98. The van der Waals surface area contributed by atoms with Gasteiger partial charge in [0.15, 0.2) is 5.01 Å². The van der Waals surface area contributed by atoms with Gasteiger partial charge < -0.3 is 9.47 Å². The number of hydrogen-bond acceptors (Lipinski definition) is 5. The monoisotopic (exact) mass is 404 g/mol. The lowest BCUT2D eigenvalue weighted by atomic mass is 10.1. The summed E-state index contributed by atoms with van der Waals surface area (Å²) < 4.78 is 11.6. The molecule has 1 aromatic heterocycles. The Bertz CT molecular complexity index is 628. The predicted octanol–water partition coefficient (Wildman–Crippen LogP) is 7.29. The summed E-state index contributed by atoms with van der Waals surface area (Å²) in [4.78, 5) is 0. The molecule has 0 aliphatic carbocycles. The Labute approximate surface area is 174 Å². The second-order valence-corrected chi connectivity index (χ2v) is 8.22. The van der Waals surface area contributed by atoms with Gasteiger partial charge in [0, 0.05) is 5.56 Å². The molecule has 0 saturated carbocycles. The second kappa shape index (κ2) is 14.4. The van der Waals surface area contributed by atoms with Gasteiger partial charge in [-0.2, -0.15) is 0 Å². The molecule has 5 heteroatoms. The van der Waals surface area contributed by atoms with E-state index in [9.17, 15) is 0 Å². The maximum Gasteiger partial charge on any atom is 0.294 e. The lowest BCUT2D eigenvalue weighted by Gasteiger charge is -2.06. The summed E-state index contributed by atoms with van der Waals surface area (Å²) in [5.74, 6) is 0.920. The largest absolute Gasteiger partial charge is 0.494 e. The molecule has 1 heterocycles. The van der Waals surface area contributed by atoms with Crippen LogP contribution in [0.2, 0.25) is 0 Å². The number of nitrogens with zero attached hydrogens (tertiary/aromatic N) is 2. The molecular weight excluding hydrogens is 368 g/mol. The van der Waals surface area contributed by atoms with Crippen LogP contribution in [-0.4, -0.2) is 23.4 Å². The molecule has 0 spiro atoms. The standard InChI is InChI=1S/C23H36N2O2S/c1-3-5-7-9-11-13-19-27-23-25-24-22(28-23)20-14-16-21(17-15-20)26-18-12-10-8-6-4-2/h14-17H,3-13,18-19H2,1-2H3. The van der Waals surface area contributed by atoms with Crippen molar-refractivity contribution in [3.8, 4) is 21.5 Å². The molecule has 0 saturated heterocycles. The maximum absolute atomic E-state index is 5.83. The van der Waals surface area contributed by atoms with Gasteiger partial charge in [0.25, 0.3) is 5.19 Å². The van der Waals surface area contributed by atoms with E-state index in [0.717, 1.165) is 42.4 Å². The van der Waals surface area contributed by atoms with Gasteiger partial charge in [-0.1, -0.05) is 88.1 Å². The minimum absolute atomic E-state index is 0.663. The van der Waals surface area contributed by atoms with E-state index < -0.39 is 0 Å². The van der Waals surface area contributed by atoms with Gasteiger partial charge in [0.1, 0.15) is 5.75 Å². The van der Waals surface area contributed by atoms with E-state index in [0.29, 0.717) is 5.19 Å². The summed E-state index contributed by atoms with van der Waals surface area (Å²) in [6.45, 7) is 6.00. The first-order chi connectivity index (χ1) is 13.8. The van der Waals surface area contributed by atoms with Crippen molar-refractivity contribution < 1.29 is 9.47 Å². The SMILES string of the molecule is CCCCCCCCOc1nnc(-c2ccc(OCCCCCCC)cc2)s1. The predicted molar refractivity (Wildman–Crippen MR) is 118 cm³/mol. The van der Waals surface area contributed by atoms with Crippen LogP contribution in [-0.2, 0) is 0 Å². The first kappa shape index (κ1) is 22.7. The molecule has 0 fully saturated rings. The third kappa shape index (κ3) is 9.05. The fraction of sp³-hybridized carbons (Fsp3) is 0.652. The van der Waals surface area contributed by atoms with Gasteiger partial charge >= 0.3 is 0 Å². The van der Waals surface area contributed by atoms with E-state index in [1.807, 2.05) is 24.3 Å². The van der Waals surface area contributed by atoms with Crippen LogP contribution in [0.15, 0.2) is 24.3 Å². The molecule has 0 N–H and O–H groups in total. The molecule has 1 aromatic carbocycles. The highest BCUT2D eigenvalue weighted by Crippen LogP contribution is 2.29. The molecular formula is C23H36N2O2S. The maximum atomic E-state index is 5.83. The molecule has 28 heavy (non-hydrogen) atoms. The van der Waals surface area contributed by atoms with Crippen molar-refractivity contribution in [2.75, 3.05) is 13.2 Å². The van der Waals surface area contributed by atoms with Crippen molar-refractivity contribution in [1.29, 1.82) is 0 Å². The van der Waals surface area contributed by atoms with Gasteiger partial charge in [0.05, 0.1) is 13.2 Å². The number of ether oxygens (including phenoxy) is 2. The van der Waals surface area contributed by atoms with Crippen molar-refractivity contribution >= 4 is 11.3 Å². The van der Waals surface area contributed by atoms with Crippen LogP contribution in [0.4, 0.5) is 0 Å². The average Bonchev–Trinajstić information content (AvgIpc) is 3.19. The number of aromatic nitrogens is 2. The highest BCUT2D eigenvalue weighted by molar-refractivity contribution is 7.16. The normalized spacial score (nSPS) is 10.9. The Morgan fingerprint density at radius 2 is 1.25 bits per heavy atom.